The van der Waals surface area contributed by atoms with Crippen molar-refractivity contribution in [3.05, 3.63) is 22.2 Å². The molecule has 0 aliphatic heterocycles. The van der Waals surface area contributed by atoms with E-state index in [2.05, 4.69) is 5.32 Å². The summed E-state index contributed by atoms with van der Waals surface area (Å²) in [6, 6.07) is 3.18. The van der Waals surface area contributed by atoms with Crippen LogP contribution in [0, 0.1) is 0 Å². The van der Waals surface area contributed by atoms with Crippen LogP contribution in [0.25, 0.3) is 0 Å². The maximum atomic E-state index is 9.18. The zero-order valence-electron chi connectivity index (χ0n) is 8.70. The number of nitrogens with one attached hydrogen (secondary N) is 1. The molecule has 0 saturated heterocycles. The molecule has 0 saturated carbocycles. The van der Waals surface area contributed by atoms with Gasteiger partial charge < -0.3 is 20.3 Å². The van der Waals surface area contributed by atoms with Crippen LogP contribution < -0.4 is 10.1 Å². The molecule has 0 fully saturated rings. The monoisotopic (exact) mass is 265 g/mol. The topological polar surface area (TPSA) is 61.7 Å². The Hall–Kier alpha value is -0.680. The molecule has 3 N–H and O–H groups in total. The van der Waals surface area contributed by atoms with Crippen molar-refractivity contribution in [3.8, 4) is 5.75 Å². The third kappa shape index (κ3) is 3.42. The Bertz CT molecular complexity index is 360. The Kier molecular flexibility index (Phi) is 5.15. The molecule has 1 aromatic rings. The quantitative estimate of drug-likeness (QED) is 0.760. The highest BCUT2D eigenvalue weighted by atomic mass is 35.5. The minimum atomic E-state index is -0.835. The first-order valence-corrected chi connectivity index (χ1v) is 5.40. The molecule has 1 unspecified atom stereocenters. The van der Waals surface area contributed by atoms with Gasteiger partial charge in [-0.15, -0.1) is 0 Å². The number of methoxy groups -OCH3 is 1. The summed E-state index contributed by atoms with van der Waals surface area (Å²) in [5, 5.41) is 21.6. The summed E-state index contributed by atoms with van der Waals surface area (Å²) in [5.41, 5.74) is 0.593. The van der Waals surface area contributed by atoms with Gasteiger partial charge in [0.15, 0.2) is 0 Å². The van der Waals surface area contributed by atoms with Crippen molar-refractivity contribution in [2.75, 3.05) is 25.6 Å². The van der Waals surface area contributed by atoms with Crippen LogP contribution in [0.15, 0.2) is 12.1 Å². The molecule has 0 radical (unpaired) electrons. The molecule has 0 spiro atoms. The second-order valence-corrected chi connectivity index (χ2v) is 4.00. The molecule has 0 bridgehead atoms. The number of hydrogen-bond donors (Lipinski definition) is 3. The van der Waals surface area contributed by atoms with Gasteiger partial charge in [0.2, 0.25) is 0 Å². The van der Waals surface area contributed by atoms with E-state index in [1.54, 1.807) is 12.1 Å². The molecule has 6 heteroatoms. The molecular weight excluding hydrogens is 253 g/mol. The second-order valence-electron chi connectivity index (χ2n) is 3.18. The Morgan fingerprint density at radius 3 is 2.62 bits per heavy atom. The number of rotatable bonds is 5. The fraction of sp³-hybridized carbons (Fsp3) is 0.400. The van der Waals surface area contributed by atoms with Crippen molar-refractivity contribution >= 4 is 28.9 Å². The zero-order chi connectivity index (χ0) is 12.1. The highest BCUT2D eigenvalue weighted by Crippen LogP contribution is 2.33. The van der Waals surface area contributed by atoms with E-state index in [-0.39, 0.29) is 13.2 Å². The first kappa shape index (κ1) is 13.4. The number of halogens is 2. The van der Waals surface area contributed by atoms with Crippen LogP contribution in [-0.4, -0.2) is 36.6 Å². The molecule has 1 rings (SSSR count). The predicted molar refractivity (Wildman–Crippen MR) is 64.6 cm³/mol. The predicted octanol–water partition coefficient (Wildman–Crippen LogP) is 1.77. The summed E-state index contributed by atoms with van der Waals surface area (Å²) >= 11 is 11.8. The Balaban J connectivity index is 2.79. The first-order valence-electron chi connectivity index (χ1n) is 4.64. The number of anilines is 1. The van der Waals surface area contributed by atoms with Gasteiger partial charge >= 0.3 is 0 Å². The number of hydrogen-bond acceptors (Lipinski definition) is 4. The number of benzene rings is 1. The third-order valence-corrected chi connectivity index (χ3v) is 2.59. The summed E-state index contributed by atoms with van der Waals surface area (Å²) in [6.07, 6.45) is -0.835. The van der Waals surface area contributed by atoms with Gasteiger partial charge in [-0.05, 0) is 6.07 Å². The average Bonchev–Trinajstić information content (AvgIpc) is 2.27. The normalized spacial score (nSPS) is 12.3. The van der Waals surface area contributed by atoms with Crippen molar-refractivity contribution in [1.82, 2.24) is 0 Å². The molecule has 0 amide bonds. The van der Waals surface area contributed by atoms with Crippen molar-refractivity contribution in [3.63, 3.8) is 0 Å². The molecule has 0 aromatic heterocycles. The largest absolute Gasteiger partial charge is 0.495 e. The summed E-state index contributed by atoms with van der Waals surface area (Å²) in [4.78, 5) is 0. The minimum absolute atomic E-state index is 0.195. The smallest absolute Gasteiger partial charge is 0.139 e. The lowest BCUT2D eigenvalue weighted by molar-refractivity contribution is 0.105. The molecule has 16 heavy (non-hydrogen) atoms. The van der Waals surface area contributed by atoms with Crippen LogP contribution >= 0.6 is 23.2 Å². The lowest BCUT2D eigenvalue weighted by atomic mass is 10.2. The SMILES string of the molecule is COc1cc(NCC(O)CO)c(Cl)cc1Cl. The van der Waals surface area contributed by atoms with E-state index in [4.69, 9.17) is 33.0 Å². The van der Waals surface area contributed by atoms with Gasteiger partial charge in [0.25, 0.3) is 0 Å². The minimum Gasteiger partial charge on any atom is -0.495 e. The highest BCUT2D eigenvalue weighted by Gasteiger charge is 2.09. The fourth-order valence-electron chi connectivity index (χ4n) is 1.11. The van der Waals surface area contributed by atoms with Gasteiger partial charge in [0.1, 0.15) is 5.75 Å². The van der Waals surface area contributed by atoms with Gasteiger partial charge in [-0.25, -0.2) is 0 Å². The van der Waals surface area contributed by atoms with Crippen LogP contribution in [0.3, 0.4) is 0 Å². The van der Waals surface area contributed by atoms with E-state index in [1.807, 2.05) is 0 Å². The van der Waals surface area contributed by atoms with E-state index in [0.29, 0.717) is 21.5 Å². The van der Waals surface area contributed by atoms with Crippen LogP contribution in [0.5, 0.6) is 5.75 Å². The van der Waals surface area contributed by atoms with Crippen LogP contribution in [0.4, 0.5) is 5.69 Å². The molecule has 0 aliphatic carbocycles. The average molecular weight is 266 g/mol. The lowest BCUT2D eigenvalue weighted by Gasteiger charge is -2.13. The van der Waals surface area contributed by atoms with Crippen LogP contribution in [0.1, 0.15) is 0 Å². The maximum absolute atomic E-state index is 9.18. The van der Waals surface area contributed by atoms with Gasteiger partial charge in [0.05, 0.1) is 35.6 Å². The summed E-state index contributed by atoms with van der Waals surface area (Å²) in [7, 11) is 1.50. The van der Waals surface area contributed by atoms with Crippen molar-refractivity contribution in [2.45, 2.75) is 6.10 Å². The Morgan fingerprint density at radius 2 is 2.06 bits per heavy atom. The molecule has 0 aliphatic rings. The van der Waals surface area contributed by atoms with Crippen molar-refractivity contribution in [1.29, 1.82) is 0 Å². The summed E-state index contributed by atoms with van der Waals surface area (Å²) < 4.78 is 5.03. The number of aliphatic hydroxyl groups is 2. The summed E-state index contributed by atoms with van der Waals surface area (Å²) in [5.74, 6) is 0.493. The summed E-state index contributed by atoms with van der Waals surface area (Å²) in [6.45, 7) is -0.115. The van der Waals surface area contributed by atoms with E-state index in [0.717, 1.165) is 0 Å². The van der Waals surface area contributed by atoms with E-state index in [1.165, 1.54) is 7.11 Å². The number of ether oxygens (including phenoxy) is 1. The van der Waals surface area contributed by atoms with Crippen molar-refractivity contribution < 1.29 is 14.9 Å². The zero-order valence-corrected chi connectivity index (χ0v) is 10.2. The molecule has 1 aromatic carbocycles. The Morgan fingerprint density at radius 1 is 1.38 bits per heavy atom. The molecule has 4 nitrogen and oxygen atoms in total. The van der Waals surface area contributed by atoms with E-state index in [9.17, 15) is 5.11 Å². The molecular formula is C10H13Cl2NO3. The molecule has 90 valence electrons. The first-order chi connectivity index (χ1) is 7.58. The lowest BCUT2D eigenvalue weighted by Crippen LogP contribution is -2.23. The van der Waals surface area contributed by atoms with Gasteiger partial charge in [-0.1, -0.05) is 23.2 Å². The van der Waals surface area contributed by atoms with Crippen LogP contribution in [-0.2, 0) is 0 Å². The third-order valence-electron chi connectivity index (χ3n) is 1.98. The standard InChI is InChI=1S/C10H13Cl2NO3/c1-16-10-3-9(7(11)2-8(10)12)13-4-6(15)5-14/h2-3,6,13-15H,4-5H2,1H3. The fourth-order valence-corrected chi connectivity index (χ4v) is 1.64. The highest BCUT2D eigenvalue weighted by molar-refractivity contribution is 6.37. The van der Waals surface area contributed by atoms with Crippen LogP contribution in [0.2, 0.25) is 10.0 Å². The van der Waals surface area contributed by atoms with Gasteiger partial charge in [-0.2, -0.15) is 0 Å². The van der Waals surface area contributed by atoms with Gasteiger partial charge in [0, 0.05) is 12.6 Å². The van der Waals surface area contributed by atoms with Crippen molar-refractivity contribution in [2.24, 2.45) is 0 Å². The van der Waals surface area contributed by atoms with E-state index < -0.39 is 6.10 Å². The molecule has 0 heterocycles. The van der Waals surface area contributed by atoms with E-state index >= 15 is 0 Å². The maximum Gasteiger partial charge on any atom is 0.139 e. The molecule has 1 atom stereocenters. The van der Waals surface area contributed by atoms with Gasteiger partial charge in [-0.3, -0.25) is 0 Å². The second kappa shape index (κ2) is 6.15. The number of aliphatic hydroxyl groups excluding tert-OH is 2. The Labute approximate surface area is 104 Å².